The summed E-state index contributed by atoms with van der Waals surface area (Å²) in [5.74, 6) is 1.52. The van der Waals surface area contributed by atoms with Gasteiger partial charge in [0.05, 0.1) is 19.7 Å². The van der Waals surface area contributed by atoms with E-state index in [-0.39, 0.29) is 11.9 Å². The molecule has 0 unspecified atom stereocenters. The molecule has 1 aromatic heterocycles. The second-order valence-corrected chi connectivity index (χ2v) is 7.47. The van der Waals surface area contributed by atoms with E-state index in [9.17, 15) is 4.39 Å². The second kappa shape index (κ2) is 9.21. The first kappa shape index (κ1) is 20.3. The normalized spacial score (nSPS) is 15.9. The molecule has 0 N–H and O–H groups in total. The Morgan fingerprint density at radius 3 is 2.33 bits per heavy atom. The summed E-state index contributed by atoms with van der Waals surface area (Å²) < 4.78 is 20.3. The Morgan fingerprint density at radius 1 is 1.00 bits per heavy atom. The molecule has 1 fully saturated rings. The number of piperazine rings is 1. The van der Waals surface area contributed by atoms with Crippen LogP contribution in [0.15, 0.2) is 48.5 Å². The molecule has 1 atom stereocenters. The van der Waals surface area contributed by atoms with Crippen molar-refractivity contribution >= 4 is 5.69 Å². The van der Waals surface area contributed by atoms with Gasteiger partial charge in [0, 0.05) is 31.9 Å². The summed E-state index contributed by atoms with van der Waals surface area (Å²) in [6.07, 6.45) is 0.930. The van der Waals surface area contributed by atoms with E-state index in [1.807, 2.05) is 41.1 Å². The standard InChI is InChI=1S/C22H27FN6O/c1-3-21(28-14-12-27(13-15-28)19-8-6-18(23)7-9-19)22-24-25-26-29(22)16-17-4-10-20(30-2)11-5-17/h4-11,21H,3,12-16H2,1-2H3/t21-/m0/s1. The Hall–Kier alpha value is -3.00. The van der Waals surface area contributed by atoms with Gasteiger partial charge in [-0.25, -0.2) is 9.07 Å². The first-order valence-electron chi connectivity index (χ1n) is 10.3. The van der Waals surface area contributed by atoms with Crippen LogP contribution in [0, 0.1) is 5.82 Å². The van der Waals surface area contributed by atoms with Gasteiger partial charge < -0.3 is 9.64 Å². The Balaban J connectivity index is 1.43. The molecule has 2 heterocycles. The number of tetrazole rings is 1. The molecule has 1 aliphatic rings. The van der Waals surface area contributed by atoms with Gasteiger partial charge in [0.2, 0.25) is 0 Å². The van der Waals surface area contributed by atoms with E-state index in [1.54, 1.807) is 7.11 Å². The number of rotatable bonds is 7. The van der Waals surface area contributed by atoms with Crippen LogP contribution in [-0.4, -0.2) is 58.4 Å². The van der Waals surface area contributed by atoms with Gasteiger partial charge in [-0.2, -0.15) is 0 Å². The van der Waals surface area contributed by atoms with Gasteiger partial charge in [-0.3, -0.25) is 4.90 Å². The maximum atomic E-state index is 13.2. The molecule has 0 aliphatic carbocycles. The van der Waals surface area contributed by atoms with Crippen molar-refractivity contribution in [2.75, 3.05) is 38.2 Å². The highest BCUT2D eigenvalue weighted by molar-refractivity contribution is 5.46. The molecule has 158 valence electrons. The molecule has 2 aromatic carbocycles. The smallest absolute Gasteiger partial charge is 0.168 e. The van der Waals surface area contributed by atoms with Crippen molar-refractivity contribution in [1.29, 1.82) is 0 Å². The SMILES string of the molecule is CC[C@@H](c1nnnn1Cc1ccc(OC)cc1)N1CCN(c2ccc(F)cc2)CC1. The number of nitrogens with zero attached hydrogens (tertiary/aromatic N) is 6. The minimum atomic E-state index is -0.202. The van der Waals surface area contributed by atoms with E-state index in [0.717, 1.165) is 55.4 Å². The van der Waals surface area contributed by atoms with E-state index in [2.05, 4.69) is 32.2 Å². The molecule has 7 nitrogen and oxygen atoms in total. The van der Waals surface area contributed by atoms with Crippen LogP contribution in [0.2, 0.25) is 0 Å². The van der Waals surface area contributed by atoms with Gasteiger partial charge in [0.25, 0.3) is 0 Å². The van der Waals surface area contributed by atoms with E-state index < -0.39 is 0 Å². The third-order valence-electron chi connectivity index (χ3n) is 5.68. The Labute approximate surface area is 176 Å². The maximum absolute atomic E-state index is 13.2. The zero-order valence-corrected chi connectivity index (χ0v) is 17.4. The summed E-state index contributed by atoms with van der Waals surface area (Å²) in [6, 6.07) is 14.9. The van der Waals surface area contributed by atoms with Gasteiger partial charge in [0.1, 0.15) is 11.6 Å². The van der Waals surface area contributed by atoms with Crippen LogP contribution < -0.4 is 9.64 Å². The maximum Gasteiger partial charge on any atom is 0.168 e. The molecule has 3 aromatic rings. The minimum absolute atomic E-state index is 0.161. The Kier molecular flexibility index (Phi) is 6.23. The molecular formula is C22H27FN6O. The number of hydrogen-bond donors (Lipinski definition) is 0. The van der Waals surface area contributed by atoms with Crippen LogP contribution in [0.1, 0.15) is 30.8 Å². The molecule has 0 spiro atoms. The fourth-order valence-corrected chi connectivity index (χ4v) is 4.01. The van der Waals surface area contributed by atoms with Crippen LogP contribution in [0.5, 0.6) is 5.75 Å². The van der Waals surface area contributed by atoms with E-state index in [0.29, 0.717) is 6.54 Å². The molecular weight excluding hydrogens is 383 g/mol. The fraction of sp³-hybridized carbons (Fsp3) is 0.409. The Bertz CT molecular complexity index is 935. The van der Waals surface area contributed by atoms with E-state index in [1.165, 1.54) is 12.1 Å². The van der Waals surface area contributed by atoms with Crippen molar-refractivity contribution in [3.8, 4) is 5.75 Å². The highest BCUT2D eigenvalue weighted by atomic mass is 19.1. The lowest BCUT2D eigenvalue weighted by molar-refractivity contribution is 0.169. The molecule has 8 heteroatoms. The number of halogens is 1. The van der Waals surface area contributed by atoms with Crippen molar-refractivity contribution in [3.63, 3.8) is 0 Å². The second-order valence-electron chi connectivity index (χ2n) is 7.47. The lowest BCUT2D eigenvalue weighted by atomic mass is 10.1. The average Bonchev–Trinajstić information content (AvgIpc) is 3.24. The van der Waals surface area contributed by atoms with Crippen LogP contribution in [0.25, 0.3) is 0 Å². The highest BCUT2D eigenvalue weighted by Gasteiger charge is 2.28. The van der Waals surface area contributed by atoms with Crippen molar-refractivity contribution in [2.45, 2.75) is 25.9 Å². The number of hydrogen-bond acceptors (Lipinski definition) is 6. The summed E-state index contributed by atoms with van der Waals surface area (Å²) >= 11 is 0. The number of anilines is 1. The number of ether oxygens (including phenoxy) is 1. The van der Waals surface area contributed by atoms with Crippen LogP contribution >= 0.6 is 0 Å². The molecule has 0 bridgehead atoms. The van der Waals surface area contributed by atoms with Gasteiger partial charge in [-0.05, 0) is 58.8 Å². The minimum Gasteiger partial charge on any atom is -0.497 e. The lowest BCUT2D eigenvalue weighted by Crippen LogP contribution is -2.48. The molecule has 4 rings (SSSR count). The highest BCUT2D eigenvalue weighted by Crippen LogP contribution is 2.26. The zero-order valence-electron chi connectivity index (χ0n) is 17.4. The molecule has 1 saturated heterocycles. The quantitative estimate of drug-likeness (QED) is 0.596. The first-order valence-corrected chi connectivity index (χ1v) is 10.3. The molecule has 0 radical (unpaired) electrons. The topological polar surface area (TPSA) is 59.3 Å². The largest absolute Gasteiger partial charge is 0.497 e. The van der Waals surface area contributed by atoms with Crippen molar-refractivity contribution in [1.82, 2.24) is 25.1 Å². The predicted octanol–water partition coefficient (Wildman–Crippen LogP) is 3.14. The predicted molar refractivity (Wildman–Crippen MR) is 113 cm³/mol. The van der Waals surface area contributed by atoms with Crippen molar-refractivity contribution in [2.24, 2.45) is 0 Å². The summed E-state index contributed by atoms with van der Waals surface area (Å²) in [7, 11) is 1.66. The zero-order chi connectivity index (χ0) is 20.9. The fourth-order valence-electron chi connectivity index (χ4n) is 4.01. The first-order chi connectivity index (χ1) is 14.7. The van der Waals surface area contributed by atoms with Crippen LogP contribution in [0.4, 0.5) is 10.1 Å². The molecule has 30 heavy (non-hydrogen) atoms. The third kappa shape index (κ3) is 4.43. The molecule has 1 aliphatic heterocycles. The van der Waals surface area contributed by atoms with Crippen molar-refractivity contribution in [3.05, 3.63) is 65.7 Å². The Morgan fingerprint density at radius 2 is 1.70 bits per heavy atom. The van der Waals surface area contributed by atoms with Gasteiger partial charge in [-0.15, -0.1) is 5.10 Å². The summed E-state index contributed by atoms with van der Waals surface area (Å²) in [4.78, 5) is 4.74. The number of methoxy groups -OCH3 is 1. The molecule has 0 saturated carbocycles. The lowest BCUT2D eigenvalue weighted by Gasteiger charge is -2.39. The average molecular weight is 410 g/mol. The van der Waals surface area contributed by atoms with Gasteiger partial charge in [0.15, 0.2) is 5.82 Å². The number of aromatic nitrogens is 4. The number of benzene rings is 2. The van der Waals surface area contributed by atoms with Crippen LogP contribution in [0.3, 0.4) is 0 Å². The summed E-state index contributed by atoms with van der Waals surface area (Å²) in [6.45, 7) is 6.39. The van der Waals surface area contributed by atoms with E-state index >= 15 is 0 Å². The third-order valence-corrected chi connectivity index (χ3v) is 5.68. The van der Waals surface area contributed by atoms with E-state index in [4.69, 9.17) is 4.74 Å². The van der Waals surface area contributed by atoms with Crippen molar-refractivity contribution < 1.29 is 9.13 Å². The monoisotopic (exact) mass is 410 g/mol. The summed E-state index contributed by atoms with van der Waals surface area (Å²) in [5, 5.41) is 12.6. The molecule has 0 amide bonds. The van der Waals surface area contributed by atoms with Gasteiger partial charge in [-0.1, -0.05) is 19.1 Å². The van der Waals surface area contributed by atoms with Gasteiger partial charge >= 0.3 is 0 Å². The summed E-state index contributed by atoms with van der Waals surface area (Å²) in [5.41, 5.74) is 2.19. The van der Waals surface area contributed by atoms with Crippen LogP contribution in [-0.2, 0) is 6.54 Å².